The molecule has 0 aliphatic carbocycles. The van der Waals surface area contributed by atoms with Gasteiger partial charge in [-0.25, -0.2) is 0 Å². The quantitative estimate of drug-likeness (QED) is 0.537. The van der Waals surface area contributed by atoms with Crippen LogP contribution >= 0.6 is 0 Å². The summed E-state index contributed by atoms with van der Waals surface area (Å²) in [6.07, 6.45) is 8.54. The van der Waals surface area contributed by atoms with Gasteiger partial charge in [0.2, 0.25) is 11.8 Å². The van der Waals surface area contributed by atoms with Crippen LogP contribution in [0.1, 0.15) is 33.6 Å². The van der Waals surface area contributed by atoms with Gasteiger partial charge in [-0.3, -0.25) is 14.4 Å². The normalized spacial score (nSPS) is 32.7. The lowest BCUT2D eigenvalue weighted by Crippen LogP contribution is -2.59. The molecule has 0 bridgehead atoms. The Bertz CT molecular complexity index is 1200. The number of likely N-dealkylation sites (N-methyl/N-ethyl adjacent to an activating group) is 1. The fourth-order valence-corrected chi connectivity index (χ4v) is 7.03. The molecule has 6 atom stereocenters. The highest BCUT2D eigenvalue weighted by Crippen LogP contribution is 2.59. The van der Waals surface area contributed by atoms with E-state index in [4.69, 9.17) is 9.47 Å². The maximum atomic E-state index is 14.6. The fraction of sp³-hybridized carbons (Fsp3) is 0.567. The minimum atomic E-state index is -1.35. The first-order valence-corrected chi connectivity index (χ1v) is 13.8. The minimum Gasteiger partial charge on any atom is -0.497 e. The average molecular weight is 538 g/mol. The van der Waals surface area contributed by atoms with Crippen molar-refractivity contribution in [3.8, 4) is 5.75 Å². The second kappa shape index (κ2) is 10.1. The molecule has 4 aliphatic heterocycles. The van der Waals surface area contributed by atoms with Crippen LogP contribution in [0.15, 0.2) is 48.6 Å². The molecule has 210 valence electrons. The monoisotopic (exact) mass is 537 g/mol. The van der Waals surface area contributed by atoms with Crippen molar-refractivity contribution in [3.63, 3.8) is 0 Å². The summed E-state index contributed by atoms with van der Waals surface area (Å²) in [5.74, 6) is -1.61. The van der Waals surface area contributed by atoms with E-state index in [1.54, 1.807) is 41.0 Å². The number of carbonyl (C=O) groups excluding carboxylic acids is 3. The molecule has 4 aliphatic rings. The molecule has 4 heterocycles. The van der Waals surface area contributed by atoms with Gasteiger partial charge in [-0.15, -0.1) is 0 Å². The molecule has 5 rings (SSSR count). The van der Waals surface area contributed by atoms with E-state index in [9.17, 15) is 19.5 Å². The van der Waals surface area contributed by atoms with Crippen molar-refractivity contribution in [2.24, 2.45) is 17.8 Å². The van der Waals surface area contributed by atoms with E-state index in [-0.39, 0.29) is 36.8 Å². The first kappa shape index (κ1) is 27.4. The third-order valence-electron chi connectivity index (χ3n) is 8.81. The second-order valence-electron chi connectivity index (χ2n) is 11.5. The molecular weight excluding hydrogens is 498 g/mol. The lowest BCUT2D eigenvalue weighted by molar-refractivity contribution is -0.152. The SMILES string of the molecule is CC[C@]12C=CCN(C)C(=O)[C@H]1[C@H]1C(=O)N([C@@H](CO)CC(C)C)C3C(=O)N(c4ccc(OC)cc4)CC=C[C@@]31O2. The summed E-state index contributed by atoms with van der Waals surface area (Å²) >= 11 is 0. The summed E-state index contributed by atoms with van der Waals surface area (Å²) in [7, 11) is 3.31. The van der Waals surface area contributed by atoms with Crippen LogP contribution in [-0.2, 0) is 19.1 Å². The van der Waals surface area contributed by atoms with E-state index >= 15 is 0 Å². The molecule has 1 aromatic rings. The number of carbonyl (C=O) groups is 3. The van der Waals surface area contributed by atoms with Crippen LogP contribution in [0.3, 0.4) is 0 Å². The zero-order valence-electron chi connectivity index (χ0n) is 23.4. The van der Waals surface area contributed by atoms with Gasteiger partial charge < -0.3 is 29.3 Å². The van der Waals surface area contributed by atoms with Gasteiger partial charge in [0.25, 0.3) is 5.91 Å². The predicted molar refractivity (Wildman–Crippen MR) is 146 cm³/mol. The number of rotatable bonds is 7. The topological polar surface area (TPSA) is 99.6 Å². The molecule has 0 aromatic heterocycles. The molecule has 1 unspecified atom stereocenters. The van der Waals surface area contributed by atoms with Crippen molar-refractivity contribution >= 4 is 23.4 Å². The number of anilines is 1. The average Bonchev–Trinajstić information content (AvgIpc) is 3.23. The van der Waals surface area contributed by atoms with Gasteiger partial charge in [0.05, 0.1) is 37.2 Å². The highest BCUT2D eigenvalue weighted by molar-refractivity contribution is 6.06. The van der Waals surface area contributed by atoms with Crippen molar-refractivity contribution in [2.45, 2.75) is 56.9 Å². The van der Waals surface area contributed by atoms with Gasteiger partial charge in [-0.2, -0.15) is 0 Å². The summed E-state index contributed by atoms with van der Waals surface area (Å²) in [4.78, 5) is 47.7. The van der Waals surface area contributed by atoms with E-state index in [2.05, 4.69) is 0 Å². The van der Waals surface area contributed by atoms with Gasteiger partial charge in [-0.1, -0.05) is 45.1 Å². The molecule has 2 fully saturated rings. The molecule has 3 amide bonds. The Morgan fingerprint density at radius 1 is 1.03 bits per heavy atom. The van der Waals surface area contributed by atoms with Gasteiger partial charge in [0.15, 0.2) is 0 Å². The summed E-state index contributed by atoms with van der Waals surface area (Å²) in [5, 5.41) is 10.5. The standard InChI is InChI=1S/C30H39N3O6/c1-6-29-13-7-15-31(4)26(35)23(29)24-27(36)33(21(18-34)17-19(2)3)25-28(37)32(16-8-14-30(24,25)39-29)20-9-11-22(38-5)12-10-20/h7-14,19,21,23-25,34H,6,15-18H2,1-5H3/t21-,23-,24+,25?,29+,30+/m1/s1. The maximum absolute atomic E-state index is 14.6. The van der Waals surface area contributed by atoms with E-state index in [0.717, 1.165) is 0 Å². The highest BCUT2D eigenvalue weighted by atomic mass is 16.5. The van der Waals surface area contributed by atoms with Gasteiger partial charge >= 0.3 is 0 Å². The Labute approximate surface area is 230 Å². The number of amides is 3. The fourth-order valence-electron chi connectivity index (χ4n) is 7.03. The third-order valence-corrected chi connectivity index (χ3v) is 8.81. The van der Waals surface area contributed by atoms with E-state index in [1.165, 1.54) is 0 Å². The van der Waals surface area contributed by atoms with Crippen LogP contribution in [0, 0.1) is 17.8 Å². The van der Waals surface area contributed by atoms with Crippen LogP contribution in [0.2, 0.25) is 0 Å². The number of fused-ring (bicyclic) bond motifs is 2. The molecule has 9 heteroatoms. The van der Waals surface area contributed by atoms with Crippen LogP contribution in [-0.4, -0.2) is 89.8 Å². The second-order valence-corrected chi connectivity index (χ2v) is 11.5. The van der Waals surface area contributed by atoms with Gasteiger partial charge in [0, 0.05) is 25.8 Å². The Morgan fingerprint density at radius 3 is 2.33 bits per heavy atom. The number of benzene rings is 1. The summed E-state index contributed by atoms with van der Waals surface area (Å²) in [5.41, 5.74) is -1.70. The number of aliphatic hydroxyl groups excluding tert-OH is 1. The van der Waals surface area contributed by atoms with E-state index < -0.39 is 35.1 Å². The molecule has 1 N–H and O–H groups in total. The lowest BCUT2D eigenvalue weighted by atomic mass is 9.73. The van der Waals surface area contributed by atoms with Crippen molar-refractivity contribution < 1.29 is 29.0 Å². The summed E-state index contributed by atoms with van der Waals surface area (Å²) < 4.78 is 12.2. The largest absolute Gasteiger partial charge is 0.497 e. The van der Waals surface area contributed by atoms with Crippen LogP contribution in [0.5, 0.6) is 5.75 Å². The number of nitrogens with zero attached hydrogens (tertiary/aromatic N) is 3. The summed E-state index contributed by atoms with van der Waals surface area (Å²) in [6.45, 7) is 6.40. The Hall–Kier alpha value is -3.17. The van der Waals surface area contributed by atoms with Gasteiger partial charge in [-0.05, 0) is 43.0 Å². The first-order chi connectivity index (χ1) is 18.6. The molecule has 1 spiro atoms. The molecular formula is C30H39N3O6. The molecule has 39 heavy (non-hydrogen) atoms. The van der Waals surface area contributed by atoms with Crippen molar-refractivity contribution in [2.75, 3.05) is 38.8 Å². The van der Waals surface area contributed by atoms with E-state index in [1.807, 2.05) is 57.2 Å². The van der Waals surface area contributed by atoms with Crippen molar-refractivity contribution in [3.05, 3.63) is 48.6 Å². The zero-order chi connectivity index (χ0) is 28.1. The van der Waals surface area contributed by atoms with Crippen molar-refractivity contribution in [1.29, 1.82) is 0 Å². The molecule has 2 saturated heterocycles. The van der Waals surface area contributed by atoms with Crippen LogP contribution in [0.4, 0.5) is 5.69 Å². The van der Waals surface area contributed by atoms with E-state index in [0.29, 0.717) is 30.8 Å². The predicted octanol–water partition coefficient (Wildman–Crippen LogP) is 2.39. The van der Waals surface area contributed by atoms with Crippen molar-refractivity contribution in [1.82, 2.24) is 9.80 Å². The number of aliphatic hydroxyl groups is 1. The number of ether oxygens (including phenoxy) is 2. The third kappa shape index (κ3) is 4.09. The smallest absolute Gasteiger partial charge is 0.253 e. The first-order valence-electron chi connectivity index (χ1n) is 13.8. The lowest BCUT2D eigenvalue weighted by Gasteiger charge is -2.41. The Balaban J connectivity index is 1.68. The molecule has 1 aromatic carbocycles. The number of hydrogen-bond donors (Lipinski definition) is 1. The maximum Gasteiger partial charge on any atom is 0.253 e. The number of methoxy groups -OCH3 is 1. The molecule has 0 saturated carbocycles. The minimum absolute atomic E-state index is 0.167. The number of likely N-dealkylation sites (tertiary alicyclic amines) is 1. The Kier molecular flexibility index (Phi) is 7.09. The highest BCUT2D eigenvalue weighted by Gasteiger charge is 2.75. The molecule has 9 nitrogen and oxygen atoms in total. The van der Waals surface area contributed by atoms with Gasteiger partial charge in [0.1, 0.15) is 17.4 Å². The Morgan fingerprint density at radius 2 is 1.72 bits per heavy atom. The molecule has 0 radical (unpaired) electrons. The van der Waals surface area contributed by atoms with Crippen LogP contribution < -0.4 is 9.64 Å². The number of hydrogen-bond acceptors (Lipinski definition) is 6. The zero-order valence-corrected chi connectivity index (χ0v) is 23.4. The summed E-state index contributed by atoms with van der Waals surface area (Å²) in [6, 6.07) is 5.58. The van der Waals surface area contributed by atoms with Crippen LogP contribution in [0.25, 0.3) is 0 Å².